The molecule has 0 saturated heterocycles. The van der Waals surface area contributed by atoms with Gasteiger partial charge in [-0.15, -0.1) is 0 Å². The van der Waals surface area contributed by atoms with Crippen molar-refractivity contribution in [2.75, 3.05) is 24.4 Å². The Bertz CT molecular complexity index is 1000. The average molecular weight is 391 g/mol. The zero-order valence-corrected chi connectivity index (χ0v) is 16.1. The molecule has 0 atom stereocenters. The van der Waals surface area contributed by atoms with Crippen molar-refractivity contribution in [3.05, 3.63) is 78.1 Å². The standard InChI is InChI=1S/C22H21N3O4/c1-3-29-22(27)18-6-4-5-7-19(18)24-16-12-13-23-20(14-16)21(26)25-15-8-10-17(28-2)11-9-15/h4-14H,3H2,1-2H3,(H,23,24)(H,25,26). The first-order valence-corrected chi connectivity index (χ1v) is 9.05. The van der Waals surface area contributed by atoms with Gasteiger partial charge in [0.25, 0.3) is 5.91 Å². The summed E-state index contributed by atoms with van der Waals surface area (Å²) in [6.07, 6.45) is 1.53. The fourth-order valence-electron chi connectivity index (χ4n) is 2.64. The maximum atomic E-state index is 12.5. The van der Waals surface area contributed by atoms with Gasteiger partial charge >= 0.3 is 5.97 Å². The van der Waals surface area contributed by atoms with Gasteiger partial charge in [-0.1, -0.05) is 12.1 Å². The van der Waals surface area contributed by atoms with E-state index in [9.17, 15) is 9.59 Å². The Balaban J connectivity index is 1.76. The average Bonchev–Trinajstić information content (AvgIpc) is 2.75. The van der Waals surface area contributed by atoms with Crippen molar-refractivity contribution in [2.45, 2.75) is 6.92 Å². The van der Waals surface area contributed by atoms with Gasteiger partial charge in [0.05, 0.1) is 25.0 Å². The number of rotatable bonds is 7. The number of aromatic nitrogens is 1. The van der Waals surface area contributed by atoms with Gasteiger partial charge in [-0.3, -0.25) is 9.78 Å². The molecule has 7 nitrogen and oxygen atoms in total. The molecule has 7 heteroatoms. The summed E-state index contributed by atoms with van der Waals surface area (Å²) in [6, 6.07) is 17.3. The first kappa shape index (κ1) is 19.9. The molecule has 29 heavy (non-hydrogen) atoms. The second-order valence-corrected chi connectivity index (χ2v) is 6.00. The number of carbonyl (C=O) groups is 2. The SMILES string of the molecule is CCOC(=O)c1ccccc1Nc1ccnc(C(=O)Nc2ccc(OC)cc2)c1. The van der Waals surface area contributed by atoms with Crippen LogP contribution >= 0.6 is 0 Å². The van der Waals surface area contributed by atoms with Crippen LogP contribution in [0.2, 0.25) is 0 Å². The minimum Gasteiger partial charge on any atom is -0.497 e. The number of nitrogens with one attached hydrogen (secondary N) is 2. The van der Waals surface area contributed by atoms with E-state index in [0.29, 0.717) is 28.4 Å². The van der Waals surface area contributed by atoms with Gasteiger partial charge < -0.3 is 20.1 Å². The maximum Gasteiger partial charge on any atom is 0.340 e. The third-order valence-electron chi connectivity index (χ3n) is 4.04. The first-order chi connectivity index (χ1) is 14.1. The molecule has 0 unspecified atom stereocenters. The predicted octanol–water partition coefficient (Wildman–Crippen LogP) is 4.26. The monoisotopic (exact) mass is 391 g/mol. The third kappa shape index (κ3) is 5.10. The third-order valence-corrected chi connectivity index (χ3v) is 4.04. The van der Waals surface area contributed by atoms with Crippen LogP contribution in [0.5, 0.6) is 5.75 Å². The molecule has 0 spiro atoms. The molecule has 148 valence electrons. The van der Waals surface area contributed by atoms with E-state index in [4.69, 9.17) is 9.47 Å². The topological polar surface area (TPSA) is 89.5 Å². The van der Waals surface area contributed by atoms with Crippen LogP contribution in [0, 0.1) is 0 Å². The highest BCUT2D eigenvalue weighted by Crippen LogP contribution is 2.22. The number of methoxy groups -OCH3 is 1. The van der Waals surface area contributed by atoms with Gasteiger partial charge in [-0.05, 0) is 55.5 Å². The number of carbonyl (C=O) groups excluding carboxylic acids is 2. The minimum absolute atomic E-state index is 0.236. The minimum atomic E-state index is -0.415. The number of para-hydroxylation sites is 1. The predicted molar refractivity (Wildman–Crippen MR) is 111 cm³/mol. The number of ether oxygens (including phenoxy) is 2. The molecule has 0 radical (unpaired) electrons. The fourth-order valence-corrected chi connectivity index (χ4v) is 2.64. The van der Waals surface area contributed by atoms with E-state index >= 15 is 0 Å². The van der Waals surface area contributed by atoms with Crippen molar-refractivity contribution in [1.82, 2.24) is 4.98 Å². The summed E-state index contributed by atoms with van der Waals surface area (Å²) in [5, 5.41) is 5.94. The van der Waals surface area contributed by atoms with Crippen LogP contribution in [-0.4, -0.2) is 30.6 Å². The molecule has 3 rings (SSSR count). The molecule has 2 aromatic carbocycles. The van der Waals surface area contributed by atoms with E-state index in [2.05, 4.69) is 15.6 Å². The quantitative estimate of drug-likeness (QED) is 0.585. The van der Waals surface area contributed by atoms with Gasteiger partial charge in [-0.25, -0.2) is 4.79 Å². The summed E-state index contributed by atoms with van der Waals surface area (Å²) in [5.41, 5.74) is 2.48. The zero-order valence-electron chi connectivity index (χ0n) is 16.1. The molecular formula is C22H21N3O4. The highest BCUT2D eigenvalue weighted by molar-refractivity contribution is 6.03. The van der Waals surface area contributed by atoms with Crippen molar-refractivity contribution in [3.63, 3.8) is 0 Å². The Morgan fingerprint density at radius 1 is 1.00 bits per heavy atom. The van der Waals surface area contributed by atoms with E-state index in [-0.39, 0.29) is 18.2 Å². The number of benzene rings is 2. The second-order valence-electron chi connectivity index (χ2n) is 6.00. The molecule has 0 saturated carbocycles. The van der Waals surface area contributed by atoms with Crippen LogP contribution in [-0.2, 0) is 4.74 Å². The molecule has 0 aliphatic heterocycles. The van der Waals surface area contributed by atoms with E-state index in [1.54, 1.807) is 68.6 Å². The Hall–Kier alpha value is -3.87. The van der Waals surface area contributed by atoms with Crippen molar-refractivity contribution in [1.29, 1.82) is 0 Å². The Morgan fingerprint density at radius 2 is 1.76 bits per heavy atom. The molecule has 0 aliphatic rings. The molecule has 2 N–H and O–H groups in total. The lowest BCUT2D eigenvalue weighted by molar-refractivity contribution is 0.0527. The highest BCUT2D eigenvalue weighted by Gasteiger charge is 2.13. The first-order valence-electron chi connectivity index (χ1n) is 9.05. The van der Waals surface area contributed by atoms with Crippen LogP contribution in [0.3, 0.4) is 0 Å². The number of nitrogens with zero attached hydrogens (tertiary/aromatic N) is 1. The van der Waals surface area contributed by atoms with Crippen molar-refractivity contribution < 1.29 is 19.1 Å². The Morgan fingerprint density at radius 3 is 2.48 bits per heavy atom. The summed E-state index contributed by atoms with van der Waals surface area (Å²) < 4.78 is 10.2. The van der Waals surface area contributed by atoms with Gasteiger partial charge in [-0.2, -0.15) is 0 Å². The lowest BCUT2D eigenvalue weighted by atomic mass is 10.1. The second kappa shape index (κ2) is 9.36. The number of hydrogen-bond acceptors (Lipinski definition) is 6. The van der Waals surface area contributed by atoms with Gasteiger partial charge in [0, 0.05) is 17.6 Å². The van der Waals surface area contributed by atoms with Crippen molar-refractivity contribution in [2.24, 2.45) is 0 Å². The number of amides is 1. The zero-order chi connectivity index (χ0) is 20.6. The van der Waals surface area contributed by atoms with Crippen LogP contribution in [0.1, 0.15) is 27.8 Å². The summed E-state index contributed by atoms with van der Waals surface area (Å²) in [5.74, 6) is -0.0628. The summed E-state index contributed by atoms with van der Waals surface area (Å²) in [7, 11) is 1.58. The number of anilines is 3. The summed E-state index contributed by atoms with van der Waals surface area (Å²) in [6.45, 7) is 2.04. The van der Waals surface area contributed by atoms with Crippen LogP contribution in [0.4, 0.5) is 17.1 Å². The van der Waals surface area contributed by atoms with E-state index in [1.165, 1.54) is 6.20 Å². The summed E-state index contributed by atoms with van der Waals surface area (Å²) >= 11 is 0. The van der Waals surface area contributed by atoms with E-state index in [1.807, 2.05) is 6.07 Å². The van der Waals surface area contributed by atoms with E-state index < -0.39 is 5.97 Å². The van der Waals surface area contributed by atoms with Crippen molar-refractivity contribution in [3.8, 4) is 5.75 Å². The molecule has 0 fully saturated rings. The highest BCUT2D eigenvalue weighted by atomic mass is 16.5. The fraction of sp³-hybridized carbons (Fsp3) is 0.136. The van der Waals surface area contributed by atoms with Gasteiger partial charge in [0.1, 0.15) is 11.4 Å². The molecule has 0 bridgehead atoms. The lowest BCUT2D eigenvalue weighted by Crippen LogP contribution is -2.14. The number of hydrogen-bond donors (Lipinski definition) is 2. The Labute approximate surface area is 168 Å². The number of esters is 1. The summed E-state index contributed by atoms with van der Waals surface area (Å²) in [4.78, 5) is 28.8. The van der Waals surface area contributed by atoms with Crippen LogP contribution in [0.25, 0.3) is 0 Å². The smallest absolute Gasteiger partial charge is 0.340 e. The van der Waals surface area contributed by atoms with Gasteiger partial charge in [0.2, 0.25) is 0 Å². The molecular weight excluding hydrogens is 370 g/mol. The van der Waals surface area contributed by atoms with Crippen LogP contribution < -0.4 is 15.4 Å². The molecule has 1 amide bonds. The molecule has 1 heterocycles. The Kier molecular flexibility index (Phi) is 6.42. The maximum absolute atomic E-state index is 12.5. The van der Waals surface area contributed by atoms with Crippen molar-refractivity contribution >= 4 is 28.9 Å². The molecule has 1 aromatic heterocycles. The molecule has 3 aromatic rings. The number of pyridine rings is 1. The largest absolute Gasteiger partial charge is 0.497 e. The van der Waals surface area contributed by atoms with Crippen LogP contribution in [0.15, 0.2) is 66.9 Å². The van der Waals surface area contributed by atoms with Gasteiger partial charge in [0.15, 0.2) is 0 Å². The lowest BCUT2D eigenvalue weighted by Gasteiger charge is -2.12. The normalized spacial score (nSPS) is 10.1. The van der Waals surface area contributed by atoms with E-state index in [0.717, 1.165) is 0 Å². The molecule has 0 aliphatic carbocycles.